The maximum atomic E-state index is 13.1. The van der Waals surface area contributed by atoms with Crippen molar-refractivity contribution in [2.45, 2.75) is 21.0 Å². The summed E-state index contributed by atoms with van der Waals surface area (Å²) in [6.07, 6.45) is -3.23. The average Bonchev–Trinajstić information content (AvgIpc) is 2.86. The summed E-state index contributed by atoms with van der Waals surface area (Å²) in [5, 5.41) is 12.8. The number of aromatic nitrogens is 1. The number of benzene rings is 4. The van der Waals surface area contributed by atoms with Gasteiger partial charge >= 0.3 is 6.36 Å². The molecule has 0 aliphatic carbocycles. The number of nitrogens with zero attached hydrogens (tertiary/aromatic N) is 1. The van der Waals surface area contributed by atoms with Crippen molar-refractivity contribution < 1.29 is 31.4 Å². The summed E-state index contributed by atoms with van der Waals surface area (Å²) < 4.78 is 69.9. The minimum absolute atomic E-state index is 0.0230. The number of halogens is 3. The molecule has 188 valence electrons. The van der Waals surface area contributed by atoms with Gasteiger partial charge < -0.3 is 9.84 Å². The second kappa shape index (κ2) is 9.49. The molecule has 5 rings (SSSR count). The van der Waals surface area contributed by atoms with Gasteiger partial charge in [0.05, 0.1) is 21.0 Å². The number of sulfonamides is 1. The van der Waals surface area contributed by atoms with Gasteiger partial charge in [-0.05, 0) is 42.5 Å². The highest BCUT2D eigenvalue weighted by atomic mass is 32.2. The Labute approximate surface area is 213 Å². The van der Waals surface area contributed by atoms with Crippen molar-refractivity contribution in [3.05, 3.63) is 91.1 Å². The molecule has 0 aliphatic heterocycles. The van der Waals surface area contributed by atoms with Gasteiger partial charge in [-0.1, -0.05) is 54.2 Å². The molecule has 0 fully saturated rings. The molecule has 6 nitrogen and oxygen atoms in total. The fourth-order valence-corrected chi connectivity index (χ4v) is 5.90. The van der Waals surface area contributed by atoms with Crippen LogP contribution in [0.4, 0.5) is 18.9 Å². The van der Waals surface area contributed by atoms with E-state index in [1.807, 2.05) is 30.3 Å². The molecule has 5 aromatic rings. The third kappa shape index (κ3) is 5.27. The van der Waals surface area contributed by atoms with E-state index >= 15 is 0 Å². The van der Waals surface area contributed by atoms with Gasteiger partial charge in [0.25, 0.3) is 10.0 Å². The van der Waals surface area contributed by atoms with Crippen molar-refractivity contribution in [1.29, 1.82) is 0 Å². The number of anilines is 1. The number of alkyl halides is 3. The lowest BCUT2D eigenvalue weighted by Crippen LogP contribution is -2.17. The molecule has 0 amide bonds. The Morgan fingerprint density at radius 1 is 0.865 bits per heavy atom. The van der Waals surface area contributed by atoms with Crippen LogP contribution in [0.15, 0.2) is 106 Å². The molecule has 0 bridgehead atoms. The maximum absolute atomic E-state index is 13.1. The first-order valence-corrected chi connectivity index (χ1v) is 13.1. The highest BCUT2D eigenvalue weighted by Gasteiger charge is 2.31. The number of phenolic OH excluding ortho intramolecular Hbond substituents is 1. The van der Waals surface area contributed by atoms with Crippen molar-refractivity contribution in [2.24, 2.45) is 0 Å². The Bertz CT molecular complexity index is 1720. The van der Waals surface area contributed by atoms with Crippen LogP contribution in [0, 0.1) is 0 Å². The number of nitrogens with one attached hydrogen (secondary N) is 1. The van der Waals surface area contributed by atoms with Crippen LogP contribution in [0.1, 0.15) is 0 Å². The van der Waals surface area contributed by atoms with Gasteiger partial charge in [-0.15, -0.1) is 13.2 Å². The number of para-hydroxylation sites is 1. The fraction of sp³-hybridized carbons (Fsp3) is 0.0385. The zero-order chi connectivity index (χ0) is 26.2. The SMILES string of the molecule is O=S(=O)(Nc1cc(Sc2cccc3cccnc23)c(O)c2ccccc12)c1ccc(OC(F)(F)F)cc1. The second-order valence-corrected chi connectivity index (χ2v) is 10.6. The van der Waals surface area contributed by atoms with E-state index in [0.717, 1.165) is 40.1 Å². The van der Waals surface area contributed by atoms with Gasteiger partial charge in [0.15, 0.2) is 0 Å². The van der Waals surface area contributed by atoms with E-state index in [9.17, 15) is 26.7 Å². The van der Waals surface area contributed by atoms with Gasteiger partial charge in [0.2, 0.25) is 0 Å². The van der Waals surface area contributed by atoms with Crippen LogP contribution in [0.2, 0.25) is 0 Å². The average molecular weight is 543 g/mol. The Morgan fingerprint density at radius 2 is 1.57 bits per heavy atom. The first-order chi connectivity index (χ1) is 17.6. The first kappa shape index (κ1) is 24.7. The molecule has 0 atom stereocenters. The number of rotatable bonds is 6. The molecule has 1 heterocycles. The highest BCUT2D eigenvalue weighted by Crippen LogP contribution is 2.44. The fourth-order valence-electron chi connectivity index (χ4n) is 3.80. The molecule has 0 saturated heterocycles. The first-order valence-electron chi connectivity index (χ1n) is 10.8. The van der Waals surface area contributed by atoms with E-state index < -0.39 is 22.1 Å². The van der Waals surface area contributed by atoms with Crippen molar-refractivity contribution >= 4 is 49.1 Å². The normalized spacial score (nSPS) is 12.1. The topological polar surface area (TPSA) is 88.5 Å². The van der Waals surface area contributed by atoms with E-state index in [1.54, 1.807) is 30.5 Å². The predicted molar refractivity (Wildman–Crippen MR) is 135 cm³/mol. The molecule has 0 spiro atoms. The lowest BCUT2D eigenvalue weighted by molar-refractivity contribution is -0.274. The minimum Gasteiger partial charge on any atom is -0.506 e. The van der Waals surface area contributed by atoms with E-state index in [-0.39, 0.29) is 16.3 Å². The third-order valence-corrected chi connectivity index (χ3v) is 7.87. The predicted octanol–water partition coefficient (Wildman–Crippen LogP) is 6.94. The van der Waals surface area contributed by atoms with Crippen LogP contribution >= 0.6 is 11.8 Å². The summed E-state index contributed by atoms with van der Waals surface area (Å²) >= 11 is 1.23. The van der Waals surface area contributed by atoms with Crippen LogP contribution in [-0.4, -0.2) is 24.9 Å². The van der Waals surface area contributed by atoms with Crippen LogP contribution in [0.3, 0.4) is 0 Å². The largest absolute Gasteiger partial charge is 0.573 e. The van der Waals surface area contributed by atoms with Gasteiger partial charge in [-0.3, -0.25) is 9.71 Å². The molecule has 1 aromatic heterocycles. The number of aromatic hydroxyl groups is 1. The highest BCUT2D eigenvalue weighted by molar-refractivity contribution is 7.99. The van der Waals surface area contributed by atoms with E-state index in [0.29, 0.717) is 15.7 Å². The molecule has 4 aromatic carbocycles. The number of hydrogen-bond acceptors (Lipinski definition) is 6. The van der Waals surface area contributed by atoms with Crippen LogP contribution in [0.25, 0.3) is 21.7 Å². The van der Waals surface area contributed by atoms with Crippen molar-refractivity contribution in [3.8, 4) is 11.5 Å². The van der Waals surface area contributed by atoms with E-state index in [1.165, 1.54) is 17.8 Å². The van der Waals surface area contributed by atoms with Crippen LogP contribution in [-0.2, 0) is 10.0 Å². The standard InChI is InChI=1S/C26H17F3N2O4S2/c27-26(28,29)35-17-10-12-18(13-11-17)37(33,34)31-21-15-23(25(32)20-8-2-1-7-19(20)21)36-22-9-3-5-16-6-4-14-30-24(16)22/h1-15,31-32H. The number of pyridine rings is 1. The van der Waals surface area contributed by atoms with Gasteiger partial charge in [-0.25, -0.2) is 8.42 Å². The van der Waals surface area contributed by atoms with E-state index in [4.69, 9.17) is 0 Å². The molecule has 37 heavy (non-hydrogen) atoms. The smallest absolute Gasteiger partial charge is 0.506 e. The lowest BCUT2D eigenvalue weighted by atomic mass is 10.1. The molecule has 0 saturated carbocycles. The zero-order valence-electron chi connectivity index (χ0n) is 18.7. The van der Waals surface area contributed by atoms with Crippen molar-refractivity contribution in [1.82, 2.24) is 4.98 Å². The van der Waals surface area contributed by atoms with Crippen molar-refractivity contribution in [2.75, 3.05) is 4.72 Å². The number of hydrogen-bond donors (Lipinski definition) is 2. The van der Waals surface area contributed by atoms with E-state index in [2.05, 4.69) is 14.4 Å². The molecule has 0 aliphatic rings. The van der Waals surface area contributed by atoms with Crippen LogP contribution < -0.4 is 9.46 Å². The van der Waals surface area contributed by atoms with Gasteiger partial charge in [0.1, 0.15) is 11.5 Å². The number of fused-ring (bicyclic) bond motifs is 2. The summed E-state index contributed by atoms with van der Waals surface area (Å²) in [6.45, 7) is 0. The monoisotopic (exact) mass is 542 g/mol. The molecule has 2 N–H and O–H groups in total. The molecular formula is C26H17F3N2O4S2. The minimum atomic E-state index is -4.89. The maximum Gasteiger partial charge on any atom is 0.573 e. The number of phenols is 1. The van der Waals surface area contributed by atoms with Crippen molar-refractivity contribution in [3.63, 3.8) is 0 Å². The molecule has 11 heteroatoms. The quantitative estimate of drug-likeness (QED) is 0.226. The third-order valence-electron chi connectivity index (χ3n) is 5.41. The lowest BCUT2D eigenvalue weighted by Gasteiger charge is -2.15. The number of ether oxygens (including phenoxy) is 1. The van der Waals surface area contributed by atoms with Crippen LogP contribution in [0.5, 0.6) is 11.5 Å². The second-order valence-electron chi connectivity index (χ2n) is 7.87. The summed E-state index contributed by atoms with van der Waals surface area (Å²) in [4.78, 5) is 5.32. The molecular weight excluding hydrogens is 525 g/mol. The Balaban J connectivity index is 1.54. The summed E-state index contributed by atoms with van der Waals surface area (Å²) in [5.74, 6) is -0.561. The summed E-state index contributed by atoms with van der Waals surface area (Å²) in [6, 6.07) is 21.5. The molecule has 0 radical (unpaired) electrons. The molecule has 0 unspecified atom stereocenters. The zero-order valence-corrected chi connectivity index (χ0v) is 20.4. The summed E-state index contributed by atoms with van der Waals surface area (Å²) in [7, 11) is -4.19. The summed E-state index contributed by atoms with van der Waals surface area (Å²) in [5.41, 5.74) is 0.922. The Hall–Kier alpha value is -3.96. The Morgan fingerprint density at radius 3 is 2.30 bits per heavy atom. The van der Waals surface area contributed by atoms with Gasteiger partial charge in [-0.2, -0.15) is 0 Å². The Kier molecular flexibility index (Phi) is 6.34. The van der Waals surface area contributed by atoms with Gasteiger partial charge in [0, 0.05) is 27.3 Å².